The van der Waals surface area contributed by atoms with Crippen LogP contribution in [0.25, 0.3) is 22.9 Å². The predicted molar refractivity (Wildman–Crippen MR) is 105 cm³/mol. The molecule has 0 spiro atoms. The van der Waals surface area contributed by atoms with Crippen molar-refractivity contribution in [1.29, 1.82) is 0 Å². The number of anilines is 2. The number of amides is 1. The highest BCUT2D eigenvalue weighted by Crippen LogP contribution is 2.26. The summed E-state index contributed by atoms with van der Waals surface area (Å²) in [6, 6.07) is 9.75. The van der Waals surface area contributed by atoms with E-state index in [1.165, 1.54) is 25.6 Å². The van der Waals surface area contributed by atoms with Gasteiger partial charge in [0.15, 0.2) is 11.6 Å². The van der Waals surface area contributed by atoms with Gasteiger partial charge >= 0.3 is 6.09 Å². The van der Waals surface area contributed by atoms with Crippen LogP contribution in [-0.4, -0.2) is 38.1 Å². The fourth-order valence-electron chi connectivity index (χ4n) is 2.75. The molecule has 1 amide bonds. The topological polar surface area (TPSA) is 134 Å². The molecule has 3 N–H and O–H groups in total. The standard InChI is InChI=1S/C19H16FN7O3/c1-29-19(28)24-17-13(21)9-22-18(23-17)15-8-16(14-6-7-30-26-14)27(25-15)10-11-4-2-3-5-12(11)20/h2-9H,10,21H2,1H3,(H,22,23,24,28). The monoisotopic (exact) mass is 409 g/mol. The fraction of sp³-hybridized carbons (Fsp3) is 0.105. The summed E-state index contributed by atoms with van der Waals surface area (Å²) in [6.45, 7) is 0.150. The summed E-state index contributed by atoms with van der Waals surface area (Å²) in [5.74, 6) is -0.0694. The van der Waals surface area contributed by atoms with Crippen LogP contribution in [0.3, 0.4) is 0 Å². The van der Waals surface area contributed by atoms with Crippen LogP contribution < -0.4 is 11.1 Å². The number of carbonyl (C=O) groups is 1. The number of rotatable bonds is 5. The molecule has 0 bridgehead atoms. The number of nitrogens with two attached hydrogens (primary N) is 1. The second kappa shape index (κ2) is 7.99. The number of ether oxygens (including phenoxy) is 1. The number of nitrogens with zero attached hydrogens (tertiary/aromatic N) is 5. The van der Waals surface area contributed by atoms with Crippen LogP contribution in [0.1, 0.15) is 5.56 Å². The number of hydrogen-bond donors (Lipinski definition) is 2. The lowest BCUT2D eigenvalue weighted by molar-refractivity contribution is 0.187. The molecular formula is C19H16FN7O3. The summed E-state index contributed by atoms with van der Waals surface area (Å²) in [4.78, 5) is 19.9. The normalized spacial score (nSPS) is 10.7. The predicted octanol–water partition coefficient (Wildman–Crippen LogP) is 2.94. The molecule has 0 aliphatic carbocycles. The molecule has 0 unspecified atom stereocenters. The Bertz CT molecular complexity index is 1190. The molecule has 3 heterocycles. The molecule has 3 aromatic heterocycles. The van der Waals surface area contributed by atoms with Gasteiger partial charge in [-0.1, -0.05) is 23.4 Å². The van der Waals surface area contributed by atoms with Crippen molar-refractivity contribution in [3.05, 3.63) is 60.2 Å². The summed E-state index contributed by atoms with van der Waals surface area (Å²) in [6.07, 6.45) is 2.05. The zero-order chi connectivity index (χ0) is 21.1. The Labute approximate surface area is 169 Å². The van der Waals surface area contributed by atoms with Crippen LogP contribution in [-0.2, 0) is 11.3 Å². The van der Waals surface area contributed by atoms with Gasteiger partial charge < -0.3 is 15.0 Å². The number of benzene rings is 1. The van der Waals surface area contributed by atoms with E-state index in [0.717, 1.165) is 0 Å². The van der Waals surface area contributed by atoms with Crippen molar-refractivity contribution in [2.24, 2.45) is 0 Å². The van der Waals surface area contributed by atoms with Crippen LogP contribution in [0.2, 0.25) is 0 Å². The molecule has 11 heteroatoms. The molecule has 0 saturated heterocycles. The maximum atomic E-state index is 14.2. The molecular weight excluding hydrogens is 393 g/mol. The molecule has 0 radical (unpaired) electrons. The first-order valence-corrected chi connectivity index (χ1v) is 8.75. The van der Waals surface area contributed by atoms with Gasteiger partial charge in [0, 0.05) is 11.6 Å². The lowest BCUT2D eigenvalue weighted by Crippen LogP contribution is -2.14. The molecule has 0 aliphatic heterocycles. The average Bonchev–Trinajstić information content (AvgIpc) is 3.41. The number of aromatic nitrogens is 5. The van der Waals surface area contributed by atoms with Crippen molar-refractivity contribution in [2.45, 2.75) is 6.54 Å². The minimum absolute atomic E-state index is 0.0819. The number of halogens is 1. The summed E-state index contributed by atoms with van der Waals surface area (Å²) < 4.78 is 25.2. The molecule has 4 rings (SSSR count). The third kappa shape index (κ3) is 3.81. The van der Waals surface area contributed by atoms with E-state index in [2.05, 4.69) is 30.3 Å². The van der Waals surface area contributed by atoms with Crippen molar-refractivity contribution in [3.8, 4) is 22.9 Å². The minimum atomic E-state index is -0.722. The zero-order valence-corrected chi connectivity index (χ0v) is 15.7. The number of nitrogens with one attached hydrogen (secondary N) is 1. The lowest BCUT2D eigenvalue weighted by Gasteiger charge is -2.07. The van der Waals surface area contributed by atoms with Gasteiger partial charge in [0.25, 0.3) is 0 Å². The van der Waals surface area contributed by atoms with E-state index in [1.54, 1.807) is 35.0 Å². The lowest BCUT2D eigenvalue weighted by atomic mass is 10.2. The number of carbonyl (C=O) groups excluding carboxylic acids is 1. The van der Waals surface area contributed by atoms with E-state index in [0.29, 0.717) is 22.6 Å². The Morgan fingerprint density at radius 1 is 1.30 bits per heavy atom. The fourth-order valence-corrected chi connectivity index (χ4v) is 2.75. The molecule has 0 aliphatic rings. The Balaban J connectivity index is 1.76. The summed E-state index contributed by atoms with van der Waals surface area (Å²) in [7, 11) is 1.22. The molecule has 152 valence electrons. The molecule has 10 nitrogen and oxygen atoms in total. The van der Waals surface area contributed by atoms with Gasteiger partial charge in [-0.3, -0.25) is 10.00 Å². The molecule has 1 aromatic carbocycles. The Morgan fingerprint density at radius 2 is 2.13 bits per heavy atom. The quantitative estimate of drug-likeness (QED) is 0.514. The molecule has 0 saturated carbocycles. The summed E-state index contributed by atoms with van der Waals surface area (Å²) in [5, 5.41) is 10.9. The molecule has 0 fully saturated rings. The third-order valence-corrected chi connectivity index (χ3v) is 4.21. The highest BCUT2D eigenvalue weighted by molar-refractivity contribution is 5.87. The number of methoxy groups -OCH3 is 1. The van der Waals surface area contributed by atoms with Gasteiger partial charge in [-0.15, -0.1) is 0 Å². The molecule has 0 atom stereocenters. The third-order valence-electron chi connectivity index (χ3n) is 4.21. The van der Waals surface area contributed by atoms with Gasteiger partial charge in [-0.25, -0.2) is 19.2 Å². The molecule has 4 aromatic rings. The van der Waals surface area contributed by atoms with E-state index in [9.17, 15) is 9.18 Å². The van der Waals surface area contributed by atoms with Crippen molar-refractivity contribution in [1.82, 2.24) is 24.9 Å². The van der Waals surface area contributed by atoms with Gasteiger partial charge in [-0.2, -0.15) is 5.10 Å². The van der Waals surface area contributed by atoms with Gasteiger partial charge in [0.1, 0.15) is 23.5 Å². The molecule has 30 heavy (non-hydrogen) atoms. The maximum absolute atomic E-state index is 14.2. The second-order valence-corrected chi connectivity index (χ2v) is 6.16. The van der Waals surface area contributed by atoms with Crippen LogP contribution in [0.15, 0.2) is 53.4 Å². The Hall–Kier alpha value is -4.28. The van der Waals surface area contributed by atoms with Crippen molar-refractivity contribution in [3.63, 3.8) is 0 Å². The number of hydrogen-bond acceptors (Lipinski definition) is 8. The zero-order valence-electron chi connectivity index (χ0n) is 15.7. The second-order valence-electron chi connectivity index (χ2n) is 6.16. The van der Waals surface area contributed by atoms with Crippen molar-refractivity contribution >= 4 is 17.6 Å². The van der Waals surface area contributed by atoms with Crippen LogP contribution in [0.5, 0.6) is 0 Å². The maximum Gasteiger partial charge on any atom is 0.412 e. The Kier molecular flexibility index (Phi) is 5.08. The number of nitrogen functional groups attached to an aromatic ring is 1. The SMILES string of the molecule is COC(=O)Nc1nc(-c2cc(-c3ccon3)n(Cc3ccccc3F)n2)ncc1N. The van der Waals surface area contributed by atoms with Crippen LogP contribution in [0.4, 0.5) is 20.7 Å². The van der Waals surface area contributed by atoms with Crippen molar-refractivity contribution < 1.29 is 18.4 Å². The smallest absolute Gasteiger partial charge is 0.412 e. The van der Waals surface area contributed by atoms with Crippen molar-refractivity contribution in [2.75, 3.05) is 18.2 Å². The minimum Gasteiger partial charge on any atom is -0.453 e. The van der Waals surface area contributed by atoms with Gasteiger partial charge in [-0.05, 0) is 12.1 Å². The van der Waals surface area contributed by atoms with Gasteiger partial charge in [0.2, 0.25) is 0 Å². The Morgan fingerprint density at radius 3 is 2.87 bits per heavy atom. The van der Waals surface area contributed by atoms with Gasteiger partial charge in [0.05, 0.1) is 31.2 Å². The van der Waals surface area contributed by atoms with E-state index in [1.807, 2.05) is 0 Å². The van der Waals surface area contributed by atoms with E-state index < -0.39 is 6.09 Å². The van der Waals surface area contributed by atoms with E-state index in [-0.39, 0.29) is 29.7 Å². The van der Waals surface area contributed by atoms with E-state index in [4.69, 9.17) is 10.3 Å². The van der Waals surface area contributed by atoms with Crippen LogP contribution >= 0.6 is 0 Å². The largest absolute Gasteiger partial charge is 0.453 e. The van der Waals surface area contributed by atoms with E-state index >= 15 is 0 Å². The highest BCUT2D eigenvalue weighted by atomic mass is 19.1. The first kappa shape index (κ1) is 19.1. The first-order chi connectivity index (χ1) is 14.5. The summed E-state index contributed by atoms with van der Waals surface area (Å²) >= 11 is 0. The highest BCUT2D eigenvalue weighted by Gasteiger charge is 2.18. The van der Waals surface area contributed by atoms with Crippen LogP contribution in [0, 0.1) is 5.82 Å². The first-order valence-electron chi connectivity index (χ1n) is 8.75. The average molecular weight is 409 g/mol. The summed E-state index contributed by atoms with van der Waals surface area (Å²) in [5.41, 5.74) is 7.88.